The summed E-state index contributed by atoms with van der Waals surface area (Å²) in [6, 6.07) is 7.90. The predicted octanol–water partition coefficient (Wildman–Crippen LogP) is 4.58. The van der Waals surface area contributed by atoms with Gasteiger partial charge in [-0.1, -0.05) is 50.6 Å². The van der Waals surface area contributed by atoms with Crippen LogP contribution in [0.1, 0.15) is 57.1 Å². The average molecular weight is 480 g/mol. The maximum atomic E-state index is 12.5. The van der Waals surface area contributed by atoms with E-state index in [0.29, 0.717) is 13.0 Å². The monoisotopic (exact) mass is 479 g/mol. The van der Waals surface area contributed by atoms with E-state index in [4.69, 9.17) is 9.47 Å². The number of hydrogen-bond donors (Lipinski definition) is 1. The molecule has 7 nitrogen and oxygen atoms in total. The Morgan fingerprint density at radius 3 is 2.54 bits per heavy atom. The van der Waals surface area contributed by atoms with Crippen molar-refractivity contribution in [1.29, 1.82) is 0 Å². The highest BCUT2D eigenvalue weighted by molar-refractivity contribution is 5.82. The van der Waals surface area contributed by atoms with Gasteiger partial charge in [-0.2, -0.15) is 0 Å². The second-order valence-corrected chi connectivity index (χ2v) is 9.29. The zero-order valence-corrected chi connectivity index (χ0v) is 20.8. The summed E-state index contributed by atoms with van der Waals surface area (Å²) >= 11 is 0. The Labute approximate surface area is 208 Å². The third-order valence-corrected chi connectivity index (χ3v) is 6.05. The van der Waals surface area contributed by atoms with Crippen molar-refractivity contribution in [1.82, 2.24) is 14.9 Å². The smallest absolute Gasteiger partial charge is 0.335 e. The van der Waals surface area contributed by atoms with Gasteiger partial charge in [0, 0.05) is 31.6 Å². The lowest BCUT2D eigenvalue weighted by Crippen LogP contribution is -2.43. The van der Waals surface area contributed by atoms with E-state index in [-0.39, 0.29) is 18.0 Å². The van der Waals surface area contributed by atoms with Crippen molar-refractivity contribution >= 4 is 11.9 Å². The third kappa shape index (κ3) is 9.53. The summed E-state index contributed by atoms with van der Waals surface area (Å²) in [6.45, 7) is 5.13. The van der Waals surface area contributed by atoms with Crippen molar-refractivity contribution in [2.75, 3.05) is 6.54 Å². The lowest BCUT2D eigenvalue weighted by atomic mass is 9.97. The maximum Gasteiger partial charge on any atom is 0.335 e. The van der Waals surface area contributed by atoms with Gasteiger partial charge < -0.3 is 19.4 Å². The second kappa shape index (κ2) is 14.3. The summed E-state index contributed by atoms with van der Waals surface area (Å²) in [7, 11) is 0. The van der Waals surface area contributed by atoms with Crippen LogP contribution in [0.15, 0.2) is 67.5 Å². The molecule has 188 valence electrons. The number of benzene rings is 1. The van der Waals surface area contributed by atoms with Crippen LogP contribution in [0.25, 0.3) is 0 Å². The molecule has 1 heterocycles. The van der Waals surface area contributed by atoms with Crippen LogP contribution in [-0.2, 0) is 32.0 Å². The molecule has 1 fully saturated rings. The SMILES string of the molecule is CC(C)[C@@H](NCC=CC(=O)OC=CCc1ccc(Cn2ccnc2)cc1)C(=O)OC1CCCCC1. The Balaban J connectivity index is 1.34. The van der Waals surface area contributed by atoms with Crippen molar-refractivity contribution in [3.63, 3.8) is 0 Å². The summed E-state index contributed by atoms with van der Waals surface area (Å²) in [5, 5.41) is 3.18. The number of hydrogen-bond acceptors (Lipinski definition) is 6. The number of nitrogens with zero attached hydrogens (tertiary/aromatic N) is 2. The topological polar surface area (TPSA) is 82.5 Å². The standard InChI is InChI=1S/C28H37N3O4/c1-22(2)27(28(33)35-25-9-4-3-5-10-25)30-16-6-11-26(32)34-19-7-8-23-12-14-24(15-13-23)20-31-18-17-29-21-31/h6-7,11-15,17-19,21-22,25,27,30H,3-5,8-10,16,20H2,1-2H3/t27-/m1/s1. The normalized spacial score (nSPS) is 15.6. The quantitative estimate of drug-likeness (QED) is 0.273. The summed E-state index contributed by atoms with van der Waals surface area (Å²) in [4.78, 5) is 28.5. The van der Waals surface area contributed by atoms with E-state index in [2.05, 4.69) is 34.6 Å². The molecule has 0 unspecified atom stereocenters. The number of ether oxygens (including phenoxy) is 2. The molecule has 0 aliphatic heterocycles. The van der Waals surface area contributed by atoms with Crippen LogP contribution in [0, 0.1) is 5.92 Å². The number of carbonyl (C=O) groups is 2. The van der Waals surface area contributed by atoms with Crippen LogP contribution < -0.4 is 5.32 Å². The number of carbonyl (C=O) groups excluding carboxylic acids is 2. The molecule has 3 rings (SSSR count). The molecule has 1 aromatic heterocycles. The van der Waals surface area contributed by atoms with Gasteiger partial charge in [-0.25, -0.2) is 9.78 Å². The van der Waals surface area contributed by atoms with Gasteiger partial charge >= 0.3 is 11.9 Å². The number of imidazole rings is 1. The Kier molecular flexibility index (Phi) is 10.8. The van der Waals surface area contributed by atoms with E-state index >= 15 is 0 Å². The molecule has 2 aromatic rings. The number of nitrogens with one attached hydrogen (secondary N) is 1. The van der Waals surface area contributed by atoms with E-state index in [1.165, 1.54) is 24.3 Å². The maximum absolute atomic E-state index is 12.5. The molecule has 0 spiro atoms. The zero-order chi connectivity index (χ0) is 24.9. The minimum Gasteiger partial charge on any atom is -0.461 e. The number of aromatic nitrogens is 2. The van der Waals surface area contributed by atoms with Gasteiger partial charge in [0.15, 0.2) is 0 Å². The minimum absolute atomic E-state index is 0.0388. The van der Waals surface area contributed by atoms with Crippen LogP contribution in [0.4, 0.5) is 0 Å². The molecule has 0 amide bonds. The summed E-state index contributed by atoms with van der Waals surface area (Å²) < 4.78 is 12.8. The Hall–Kier alpha value is -3.19. The van der Waals surface area contributed by atoms with Gasteiger partial charge in [0.25, 0.3) is 0 Å². The van der Waals surface area contributed by atoms with Crippen LogP contribution in [0.2, 0.25) is 0 Å². The first-order valence-electron chi connectivity index (χ1n) is 12.5. The molecule has 0 bridgehead atoms. The van der Waals surface area contributed by atoms with Crippen LogP contribution >= 0.6 is 0 Å². The number of allylic oxidation sites excluding steroid dienone is 1. The lowest BCUT2D eigenvalue weighted by Gasteiger charge is -2.26. The Morgan fingerprint density at radius 2 is 1.86 bits per heavy atom. The molecule has 0 saturated heterocycles. The average Bonchev–Trinajstić information content (AvgIpc) is 3.36. The van der Waals surface area contributed by atoms with Gasteiger partial charge in [0.05, 0.1) is 12.6 Å². The van der Waals surface area contributed by atoms with Gasteiger partial charge in [0.1, 0.15) is 12.1 Å². The Morgan fingerprint density at radius 1 is 1.11 bits per heavy atom. The van der Waals surface area contributed by atoms with E-state index in [1.807, 2.05) is 30.7 Å². The highest BCUT2D eigenvalue weighted by Gasteiger charge is 2.26. The summed E-state index contributed by atoms with van der Waals surface area (Å²) in [5.41, 5.74) is 2.33. The molecule has 1 aromatic carbocycles. The number of rotatable bonds is 12. The predicted molar refractivity (Wildman–Crippen MR) is 135 cm³/mol. The van der Waals surface area contributed by atoms with Gasteiger partial charge in [-0.15, -0.1) is 0 Å². The van der Waals surface area contributed by atoms with Crippen molar-refractivity contribution < 1.29 is 19.1 Å². The molecule has 1 saturated carbocycles. The fourth-order valence-electron chi connectivity index (χ4n) is 4.07. The highest BCUT2D eigenvalue weighted by Crippen LogP contribution is 2.21. The lowest BCUT2D eigenvalue weighted by molar-refractivity contribution is -0.154. The first-order chi connectivity index (χ1) is 17.0. The van der Waals surface area contributed by atoms with Crippen molar-refractivity contribution in [2.45, 2.75) is 71.1 Å². The first kappa shape index (κ1) is 26.4. The second-order valence-electron chi connectivity index (χ2n) is 9.29. The zero-order valence-electron chi connectivity index (χ0n) is 20.8. The molecule has 1 N–H and O–H groups in total. The van der Waals surface area contributed by atoms with Gasteiger partial charge in [-0.05, 0) is 55.2 Å². The summed E-state index contributed by atoms with van der Waals surface area (Å²) in [5.74, 6) is -0.570. The van der Waals surface area contributed by atoms with E-state index in [0.717, 1.165) is 37.8 Å². The fraction of sp³-hybridized carbons (Fsp3) is 0.464. The molecular formula is C28H37N3O4. The minimum atomic E-state index is -0.454. The van der Waals surface area contributed by atoms with Gasteiger partial charge in [0.2, 0.25) is 0 Å². The molecular weight excluding hydrogens is 442 g/mol. The molecule has 1 aliphatic rings. The molecule has 0 radical (unpaired) electrons. The van der Waals surface area contributed by atoms with Crippen molar-refractivity contribution in [3.05, 3.63) is 78.6 Å². The van der Waals surface area contributed by atoms with Crippen LogP contribution in [0.5, 0.6) is 0 Å². The third-order valence-electron chi connectivity index (χ3n) is 6.05. The van der Waals surface area contributed by atoms with Gasteiger partial charge in [-0.3, -0.25) is 4.79 Å². The van der Waals surface area contributed by atoms with Crippen LogP contribution in [0.3, 0.4) is 0 Å². The van der Waals surface area contributed by atoms with Crippen molar-refractivity contribution in [3.8, 4) is 0 Å². The van der Waals surface area contributed by atoms with E-state index in [9.17, 15) is 9.59 Å². The molecule has 1 atom stereocenters. The van der Waals surface area contributed by atoms with Crippen molar-refractivity contribution in [2.24, 2.45) is 5.92 Å². The highest BCUT2D eigenvalue weighted by atomic mass is 16.5. The number of esters is 2. The Bertz CT molecular complexity index is 959. The van der Waals surface area contributed by atoms with E-state index < -0.39 is 12.0 Å². The molecule has 7 heteroatoms. The summed E-state index contributed by atoms with van der Waals surface area (Å²) in [6.07, 6.45) is 17.8. The largest absolute Gasteiger partial charge is 0.461 e. The molecule has 1 aliphatic carbocycles. The van der Waals surface area contributed by atoms with E-state index in [1.54, 1.807) is 18.6 Å². The first-order valence-corrected chi connectivity index (χ1v) is 12.5. The van der Waals surface area contributed by atoms with Crippen LogP contribution in [-0.4, -0.2) is 40.2 Å². The fourth-order valence-corrected chi connectivity index (χ4v) is 4.07. The molecule has 35 heavy (non-hydrogen) atoms.